The standard InChI is InChI=1S/C21H15BrF3NO2.CH3NO/c22-14-6-8-15(9-7-14)26-21(27)17-11-13(16-3-1-2-4-18(16)23)5-10-19(17)28-12-20(24)25;2-1-3/h1-11,20H,12H2,(H,26,27);1H,(H2,2,3). The third-order valence-corrected chi connectivity index (χ3v) is 4.40. The van der Waals surface area contributed by atoms with Crippen molar-refractivity contribution < 1.29 is 27.5 Å². The van der Waals surface area contributed by atoms with E-state index in [2.05, 4.69) is 27.0 Å². The zero-order valence-electron chi connectivity index (χ0n) is 16.0. The summed E-state index contributed by atoms with van der Waals surface area (Å²) in [7, 11) is 0. The molecule has 3 aromatic rings. The van der Waals surface area contributed by atoms with Crippen molar-refractivity contribution in [2.45, 2.75) is 6.43 Å². The van der Waals surface area contributed by atoms with Gasteiger partial charge in [-0.2, -0.15) is 0 Å². The minimum absolute atomic E-state index is 0.00463. The van der Waals surface area contributed by atoms with E-state index in [1.165, 1.54) is 24.3 Å². The van der Waals surface area contributed by atoms with E-state index in [0.29, 0.717) is 16.8 Å². The molecule has 0 saturated heterocycles. The quantitative estimate of drug-likeness (QED) is 0.459. The predicted molar refractivity (Wildman–Crippen MR) is 116 cm³/mol. The normalized spacial score (nSPS) is 10.1. The molecule has 0 aliphatic heterocycles. The van der Waals surface area contributed by atoms with E-state index in [4.69, 9.17) is 9.53 Å². The van der Waals surface area contributed by atoms with Gasteiger partial charge in [-0.25, -0.2) is 13.2 Å². The van der Waals surface area contributed by atoms with Gasteiger partial charge in [-0.1, -0.05) is 40.2 Å². The van der Waals surface area contributed by atoms with Crippen molar-refractivity contribution in [1.82, 2.24) is 0 Å². The number of alkyl halides is 2. The molecular weight excluding hydrogens is 477 g/mol. The lowest BCUT2D eigenvalue weighted by atomic mass is 10.0. The highest BCUT2D eigenvalue weighted by Crippen LogP contribution is 2.29. The summed E-state index contributed by atoms with van der Waals surface area (Å²) in [6, 6.07) is 17.3. The second-order valence-corrected chi connectivity index (χ2v) is 6.91. The molecule has 0 aromatic heterocycles. The number of amides is 2. The van der Waals surface area contributed by atoms with Crippen LogP contribution in [0.1, 0.15) is 10.4 Å². The van der Waals surface area contributed by atoms with Gasteiger partial charge in [0.2, 0.25) is 6.41 Å². The topological polar surface area (TPSA) is 81.4 Å². The molecule has 2 amide bonds. The molecule has 3 aromatic carbocycles. The van der Waals surface area contributed by atoms with E-state index >= 15 is 0 Å². The number of rotatable bonds is 6. The van der Waals surface area contributed by atoms with Crippen molar-refractivity contribution in [1.29, 1.82) is 0 Å². The number of carbonyl (C=O) groups is 2. The number of ether oxygens (including phenoxy) is 1. The van der Waals surface area contributed by atoms with Crippen LogP contribution in [0.25, 0.3) is 11.1 Å². The predicted octanol–water partition coefficient (Wildman–Crippen LogP) is 5.25. The number of primary amides is 1. The zero-order valence-corrected chi connectivity index (χ0v) is 17.6. The molecule has 0 bridgehead atoms. The van der Waals surface area contributed by atoms with Crippen LogP contribution in [0.5, 0.6) is 5.75 Å². The lowest BCUT2D eigenvalue weighted by Gasteiger charge is -2.14. The fourth-order valence-corrected chi connectivity index (χ4v) is 2.84. The number of hydrogen-bond acceptors (Lipinski definition) is 3. The van der Waals surface area contributed by atoms with Gasteiger partial charge in [0.15, 0.2) is 0 Å². The Hall–Kier alpha value is -3.33. The lowest BCUT2D eigenvalue weighted by molar-refractivity contribution is -0.106. The Labute approximate surface area is 185 Å². The first-order valence-electron chi connectivity index (χ1n) is 8.88. The molecule has 0 heterocycles. The van der Waals surface area contributed by atoms with E-state index < -0.39 is 24.8 Å². The van der Waals surface area contributed by atoms with Gasteiger partial charge in [0.05, 0.1) is 5.56 Å². The van der Waals surface area contributed by atoms with E-state index in [1.807, 2.05) is 0 Å². The van der Waals surface area contributed by atoms with Crippen LogP contribution < -0.4 is 15.8 Å². The lowest BCUT2D eigenvalue weighted by Crippen LogP contribution is -2.15. The van der Waals surface area contributed by atoms with Crippen LogP contribution >= 0.6 is 15.9 Å². The second kappa shape index (κ2) is 11.8. The van der Waals surface area contributed by atoms with Crippen molar-refractivity contribution in [3.63, 3.8) is 0 Å². The van der Waals surface area contributed by atoms with E-state index in [0.717, 1.165) is 4.47 Å². The fourth-order valence-electron chi connectivity index (χ4n) is 2.58. The average molecular weight is 495 g/mol. The summed E-state index contributed by atoms with van der Waals surface area (Å²) in [6.07, 6.45) is -2.44. The Balaban J connectivity index is 0.00000107. The molecule has 0 atom stereocenters. The number of benzene rings is 3. The highest BCUT2D eigenvalue weighted by molar-refractivity contribution is 9.10. The van der Waals surface area contributed by atoms with Crippen LogP contribution in [-0.2, 0) is 4.79 Å². The minimum atomic E-state index is -2.69. The summed E-state index contributed by atoms with van der Waals surface area (Å²) in [5, 5.41) is 2.69. The molecule has 0 fully saturated rings. The monoisotopic (exact) mass is 494 g/mol. The van der Waals surface area contributed by atoms with Crippen LogP contribution in [-0.4, -0.2) is 25.3 Å². The van der Waals surface area contributed by atoms with Crippen LogP contribution in [0.3, 0.4) is 0 Å². The second-order valence-electron chi connectivity index (χ2n) is 5.99. The van der Waals surface area contributed by atoms with Gasteiger partial charge in [0.1, 0.15) is 18.2 Å². The Morgan fingerprint density at radius 3 is 2.35 bits per heavy atom. The van der Waals surface area contributed by atoms with E-state index in [9.17, 15) is 18.0 Å². The molecule has 0 spiro atoms. The maximum atomic E-state index is 14.1. The fraction of sp³-hybridized carbons (Fsp3) is 0.0909. The first-order valence-corrected chi connectivity index (χ1v) is 9.67. The Morgan fingerprint density at radius 1 is 1.10 bits per heavy atom. The molecule has 9 heteroatoms. The number of halogens is 4. The summed E-state index contributed by atoms with van der Waals surface area (Å²) >= 11 is 3.31. The van der Waals surface area contributed by atoms with Crippen molar-refractivity contribution in [2.75, 3.05) is 11.9 Å². The molecule has 0 unspecified atom stereocenters. The summed E-state index contributed by atoms with van der Waals surface area (Å²) in [5.41, 5.74) is 5.44. The third kappa shape index (κ3) is 7.14. The van der Waals surface area contributed by atoms with Gasteiger partial charge < -0.3 is 15.8 Å². The molecule has 162 valence electrons. The number of anilines is 1. The molecule has 0 saturated carbocycles. The summed E-state index contributed by atoms with van der Waals surface area (Å²) < 4.78 is 45.1. The first-order chi connectivity index (χ1) is 14.8. The Bertz CT molecular complexity index is 1030. The number of nitrogens with one attached hydrogen (secondary N) is 1. The largest absolute Gasteiger partial charge is 0.487 e. The van der Waals surface area contributed by atoms with Crippen molar-refractivity contribution >= 4 is 33.9 Å². The Kier molecular flexibility index (Phi) is 9.08. The summed E-state index contributed by atoms with van der Waals surface area (Å²) in [5.74, 6) is -1.01. The molecule has 0 aliphatic carbocycles. The molecule has 0 aliphatic rings. The van der Waals surface area contributed by atoms with Gasteiger partial charge in [-0.3, -0.25) is 9.59 Å². The van der Waals surface area contributed by atoms with Gasteiger partial charge in [-0.05, 0) is 48.0 Å². The van der Waals surface area contributed by atoms with E-state index in [1.54, 1.807) is 42.5 Å². The maximum absolute atomic E-state index is 14.1. The van der Waals surface area contributed by atoms with Crippen molar-refractivity contribution in [3.05, 3.63) is 82.6 Å². The number of hydrogen-bond donors (Lipinski definition) is 2. The average Bonchev–Trinajstić information content (AvgIpc) is 2.75. The Morgan fingerprint density at radius 2 is 1.74 bits per heavy atom. The smallest absolute Gasteiger partial charge is 0.272 e. The van der Waals surface area contributed by atoms with Gasteiger partial charge in [0, 0.05) is 15.7 Å². The number of nitrogens with two attached hydrogens (primary N) is 1. The van der Waals surface area contributed by atoms with E-state index in [-0.39, 0.29) is 17.7 Å². The summed E-state index contributed by atoms with van der Waals surface area (Å²) in [4.78, 5) is 21.3. The van der Waals surface area contributed by atoms with Crippen LogP contribution in [0.15, 0.2) is 71.2 Å². The van der Waals surface area contributed by atoms with Crippen molar-refractivity contribution in [3.8, 4) is 16.9 Å². The van der Waals surface area contributed by atoms with Gasteiger partial charge in [-0.15, -0.1) is 0 Å². The highest BCUT2D eigenvalue weighted by atomic mass is 79.9. The molecule has 3 rings (SSSR count). The molecule has 5 nitrogen and oxygen atoms in total. The number of carbonyl (C=O) groups excluding carboxylic acids is 2. The van der Waals surface area contributed by atoms with Crippen molar-refractivity contribution in [2.24, 2.45) is 5.73 Å². The summed E-state index contributed by atoms with van der Waals surface area (Å²) in [6.45, 7) is -0.850. The minimum Gasteiger partial charge on any atom is -0.487 e. The molecule has 0 radical (unpaired) electrons. The first kappa shape index (κ1) is 23.9. The highest BCUT2D eigenvalue weighted by Gasteiger charge is 2.17. The van der Waals surface area contributed by atoms with Gasteiger partial charge in [0.25, 0.3) is 12.3 Å². The molecule has 3 N–H and O–H groups in total. The van der Waals surface area contributed by atoms with Gasteiger partial charge >= 0.3 is 0 Å². The van der Waals surface area contributed by atoms with Crippen LogP contribution in [0.2, 0.25) is 0 Å². The molecule has 31 heavy (non-hydrogen) atoms. The maximum Gasteiger partial charge on any atom is 0.272 e. The third-order valence-electron chi connectivity index (χ3n) is 3.88. The zero-order chi connectivity index (χ0) is 22.8. The molecular formula is C22H18BrF3N2O3. The van der Waals surface area contributed by atoms with Crippen LogP contribution in [0, 0.1) is 5.82 Å². The SMILES string of the molecule is NC=O.O=C(Nc1ccc(Br)cc1)c1cc(-c2ccccc2F)ccc1OCC(F)F. The van der Waals surface area contributed by atoms with Crippen LogP contribution in [0.4, 0.5) is 18.9 Å².